The fourth-order valence-corrected chi connectivity index (χ4v) is 4.27. The van der Waals surface area contributed by atoms with Crippen LogP contribution in [0.3, 0.4) is 0 Å². The van der Waals surface area contributed by atoms with Crippen molar-refractivity contribution in [3.05, 3.63) is 35.1 Å². The Morgan fingerprint density at radius 3 is 2.90 bits per heavy atom. The molecule has 1 saturated heterocycles. The highest BCUT2D eigenvalue weighted by molar-refractivity contribution is 7.91. The van der Waals surface area contributed by atoms with Gasteiger partial charge in [0, 0.05) is 12.1 Å². The number of nitrogens with zero attached hydrogens (tertiary/aromatic N) is 1. The van der Waals surface area contributed by atoms with E-state index in [1.165, 1.54) is 6.07 Å². The van der Waals surface area contributed by atoms with Crippen molar-refractivity contribution in [1.82, 2.24) is 5.32 Å². The Balaban J connectivity index is 1.95. The van der Waals surface area contributed by atoms with Gasteiger partial charge in [-0.25, -0.2) is 12.8 Å². The number of amidine groups is 1. The first kappa shape index (κ1) is 15.7. The highest BCUT2D eigenvalue weighted by Gasteiger charge is 2.27. The lowest BCUT2D eigenvalue weighted by Crippen LogP contribution is -2.24. The van der Waals surface area contributed by atoms with Gasteiger partial charge in [-0.3, -0.25) is 0 Å². The minimum Gasteiger partial charge on any atom is -0.409 e. The van der Waals surface area contributed by atoms with Crippen molar-refractivity contribution in [2.45, 2.75) is 13.0 Å². The minimum absolute atomic E-state index is 0.0419. The van der Waals surface area contributed by atoms with Crippen LogP contribution in [0.2, 0.25) is 0 Å². The third kappa shape index (κ3) is 3.92. The van der Waals surface area contributed by atoms with Gasteiger partial charge in [0.25, 0.3) is 0 Å². The second-order valence-corrected chi connectivity index (χ2v) is 7.39. The Hall–Kier alpha value is -1.67. The molecule has 116 valence electrons. The fourth-order valence-electron chi connectivity index (χ4n) is 2.41. The predicted molar refractivity (Wildman–Crippen MR) is 77.4 cm³/mol. The predicted octanol–water partition coefficient (Wildman–Crippen LogP) is 0.444. The van der Waals surface area contributed by atoms with Crippen LogP contribution in [0, 0.1) is 11.7 Å². The summed E-state index contributed by atoms with van der Waals surface area (Å²) in [6.45, 7) is 0.779. The summed E-state index contributed by atoms with van der Waals surface area (Å²) in [5, 5.41) is 14.4. The molecule has 1 aromatic rings. The van der Waals surface area contributed by atoms with Gasteiger partial charge in [-0.1, -0.05) is 17.3 Å². The molecule has 1 atom stereocenters. The van der Waals surface area contributed by atoms with E-state index in [1.54, 1.807) is 12.1 Å². The Kier molecular flexibility index (Phi) is 4.79. The van der Waals surface area contributed by atoms with Crippen LogP contribution in [0.4, 0.5) is 4.39 Å². The maximum absolute atomic E-state index is 14.1. The number of benzene rings is 1. The molecule has 1 aliphatic rings. The molecule has 0 radical (unpaired) electrons. The molecule has 8 heteroatoms. The average molecular weight is 315 g/mol. The molecule has 4 N–H and O–H groups in total. The molecule has 2 rings (SSSR count). The number of hydrogen-bond donors (Lipinski definition) is 3. The number of nitrogens with two attached hydrogens (primary N) is 1. The summed E-state index contributed by atoms with van der Waals surface area (Å²) in [6, 6.07) is 4.65. The molecule has 1 aromatic carbocycles. The summed E-state index contributed by atoms with van der Waals surface area (Å²) in [5.41, 5.74) is 5.83. The maximum atomic E-state index is 14.1. The topological polar surface area (TPSA) is 105 Å². The van der Waals surface area contributed by atoms with Gasteiger partial charge >= 0.3 is 0 Å². The molecule has 0 aromatic heterocycles. The van der Waals surface area contributed by atoms with Gasteiger partial charge in [-0.2, -0.15) is 0 Å². The minimum atomic E-state index is -2.89. The van der Waals surface area contributed by atoms with Gasteiger partial charge in [0.2, 0.25) is 0 Å². The van der Waals surface area contributed by atoms with Gasteiger partial charge in [0.15, 0.2) is 15.7 Å². The number of halogens is 1. The highest BCUT2D eigenvalue weighted by atomic mass is 32.2. The van der Waals surface area contributed by atoms with Gasteiger partial charge in [0.1, 0.15) is 5.82 Å². The second-order valence-electron chi connectivity index (χ2n) is 5.16. The molecular formula is C13H18FN3O3S. The first-order valence-corrected chi connectivity index (χ1v) is 8.41. The molecule has 6 nitrogen and oxygen atoms in total. The van der Waals surface area contributed by atoms with Crippen LogP contribution in [0.15, 0.2) is 23.4 Å². The molecule has 1 unspecified atom stereocenters. The van der Waals surface area contributed by atoms with E-state index in [9.17, 15) is 12.8 Å². The van der Waals surface area contributed by atoms with Crippen molar-refractivity contribution in [3.8, 4) is 0 Å². The zero-order valence-corrected chi connectivity index (χ0v) is 12.2. The van der Waals surface area contributed by atoms with Gasteiger partial charge in [-0.05, 0) is 24.9 Å². The van der Waals surface area contributed by atoms with E-state index in [0.717, 1.165) is 0 Å². The lowest BCUT2D eigenvalue weighted by molar-refractivity contribution is 0.318. The van der Waals surface area contributed by atoms with Crippen LogP contribution in [-0.2, 0) is 16.4 Å². The quantitative estimate of drug-likeness (QED) is 0.317. The summed E-state index contributed by atoms with van der Waals surface area (Å²) in [7, 11) is -2.89. The Bertz CT molecular complexity index is 646. The monoisotopic (exact) mass is 315 g/mol. The molecule has 1 aliphatic heterocycles. The average Bonchev–Trinajstić information content (AvgIpc) is 2.79. The van der Waals surface area contributed by atoms with Crippen molar-refractivity contribution in [2.24, 2.45) is 16.8 Å². The number of rotatable bonds is 5. The normalized spacial score (nSPS) is 21.6. The summed E-state index contributed by atoms with van der Waals surface area (Å²) in [4.78, 5) is 0. The van der Waals surface area contributed by atoms with Crippen molar-refractivity contribution in [2.75, 3.05) is 18.1 Å². The van der Waals surface area contributed by atoms with E-state index >= 15 is 0 Å². The van der Waals surface area contributed by atoms with Crippen molar-refractivity contribution in [3.63, 3.8) is 0 Å². The summed E-state index contributed by atoms with van der Waals surface area (Å²) in [5.74, 6) is -0.333. The van der Waals surface area contributed by atoms with Gasteiger partial charge in [-0.15, -0.1) is 0 Å². The van der Waals surface area contributed by atoms with Crippen LogP contribution in [0.5, 0.6) is 0 Å². The van der Waals surface area contributed by atoms with E-state index in [4.69, 9.17) is 10.9 Å². The molecule has 1 heterocycles. The van der Waals surface area contributed by atoms with E-state index in [0.29, 0.717) is 18.5 Å². The lowest BCUT2D eigenvalue weighted by atomic mass is 10.1. The smallest absolute Gasteiger partial charge is 0.173 e. The molecule has 0 spiro atoms. The molecule has 1 fully saturated rings. The number of sulfone groups is 1. The number of oxime groups is 1. The summed E-state index contributed by atoms with van der Waals surface area (Å²) < 4.78 is 36.8. The Labute approximate surface area is 122 Å². The van der Waals surface area contributed by atoms with Crippen molar-refractivity contribution in [1.29, 1.82) is 0 Å². The third-order valence-corrected chi connectivity index (χ3v) is 5.37. The standard InChI is InChI=1S/C13H18FN3O3S/c14-12-10(2-1-3-11(12)13(15)17-18)7-16-6-9-4-5-21(19,20)8-9/h1-3,9,16,18H,4-8H2,(H2,15,17). The van der Waals surface area contributed by atoms with Gasteiger partial charge in [0.05, 0.1) is 17.1 Å². The second kappa shape index (κ2) is 6.40. The maximum Gasteiger partial charge on any atom is 0.173 e. The molecule has 0 aliphatic carbocycles. The molecule has 21 heavy (non-hydrogen) atoms. The number of hydrogen-bond acceptors (Lipinski definition) is 5. The van der Waals surface area contributed by atoms with Crippen molar-refractivity contribution < 1.29 is 18.0 Å². The van der Waals surface area contributed by atoms with Crippen LogP contribution < -0.4 is 11.1 Å². The van der Waals surface area contributed by atoms with Crippen LogP contribution in [0.25, 0.3) is 0 Å². The lowest BCUT2D eigenvalue weighted by Gasteiger charge is -2.11. The first-order valence-electron chi connectivity index (χ1n) is 6.59. The molecule has 0 amide bonds. The third-order valence-electron chi connectivity index (χ3n) is 3.54. The SMILES string of the molecule is N/C(=N/O)c1cccc(CNCC2CCS(=O)(=O)C2)c1F. The highest BCUT2D eigenvalue weighted by Crippen LogP contribution is 2.18. The largest absolute Gasteiger partial charge is 0.409 e. The van der Waals surface area contributed by atoms with Crippen LogP contribution in [-0.4, -0.2) is 37.5 Å². The van der Waals surface area contributed by atoms with E-state index in [2.05, 4.69) is 10.5 Å². The van der Waals surface area contributed by atoms with Crippen LogP contribution in [0.1, 0.15) is 17.5 Å². The Morgan fingerprint density at radius 2 is 2.29 bits per heavy atom. The molecule has 0 bridgehead atoms. The number of nitrogens with one attached hydrogen (secondary N) is 1. The zero-order chi connectivity index (χ0) is 15.5. The molecule has 0 saturated carbocycles. The van der Waals surface area contributed by atoms with E-state index < -0.39 is 15.7 Å². The molecular weight excluding hydrogens is 297 g/mol. The summed E-state index contributed by atoms with van der Waals surface area (Å²) in [6.07, 6.45) is 0.641. The van der Waals surface area contributed by atoms with E-state index in [1.807, 2.05) is 0 Å². The Morgan fingerprint density at radius 1 is 1.52 bits per heavy atom. The zero-order valence-electron chi connectivity index (χ0n) is 11.4. The fraction of sp³-hybridized carbons (Fsp3) is 0.462. The van der Waals surface area contributed by atoms with Crippen molar-refractivity contribution >= 4 is 15.7 Å². The van der Waals surface area contributed by atoms with Gasteiger partial charge < -0.3 is 16.3 Å². The van der Waals surface area contributed by atoms with E-state index in [-0.39, 0.29) is 35.4 Å². The van der Waals surface area contributed by atoms with Crippen LogP contribution >= 0.6 is 0 Å². The summed E-state index contributed by atoms with van der Waals surface area (Å²) >= 11 is 0. The first-order chi connectivity index (χ1) is 9.93.